The third-order valence-electron chi connectivity index (χ3n) is 4.82. The number of hydrogen-bond acceptors (Lipinski definition) is 5. The molecule has 1 atom stereocenters. The van der Waals surface area contributed by atoms with Crippen molar-refractivity contribution in [3.8, 4) is 6.07 Å². The number of aliphatic hydroxyl groups is 1. The number of benzene rings is 1. The second-order valence-electron chi connectivity index (χ2n) is 6.69. The predicted molar refractivity (Wildman–Crippen MR) is 98.1 cm³/mol. The van der Waals surface area contributed by atoms with Gasteiger partial charge in [0, 0.05) is 37.9 Å². The lowest BCUT2D eigenvalue weighted by molar-refractivity contribution is 0.205. The van der Waals surface area contributed by atoms with E-state index >= 15 is 0 Å². The Balaban J connectivity index is 1.88. The Bertz CT molecular complexity index is 784. The van der Waals surface area contributed by atoms with E-state index in [4.69, 9.17) is 10.2 Å². The number of hydrogen-bond donors (Lipinski definition) is 1. The van der Waals surface area contributed by atoms with Crippen LogP contribution in [0.5, 0.6) is 0 Å². The molecule has 1 aliphatic heterocycles. The Morgan fingerprint density at radius 3 is 2.92 bits per heavy atom. The molecule has 2 heterocycles. The van der Waals surface area contributed by atoms with Crippen molar-refractivity contribution in [2.75, 3.05) is 25.1 Å². The topological polar surface area (TPSA) is 63.4 Å². The van der Waals surface area contributed by atoms with Crippen LogP contribution < -0.4 is 4.90 Å². The van der Waals surface area contributed by atoms with Gasteiger partial charge in [-0.3, -0.25) is 4.90 Å². The maximum absolute atomic E-state index is 9.79. The lowest BCUT2D eigenvalue weighted by Crippen LogP contribution is -2.41. The molecule has 0 aliphatic carbocycles. The summed E-state index contributed by atoms with van der Waals surface area (Å²) in [5.74, 6) is 0.953. The molecule has 25 heavy (non-hydrogen) atoms. The average molecular weight is 336 g/mol. The van der Waals surface area contributed by atoms with E-state index in [9.17, 15) is 5.11 Å². The molecule has 130 valence electrons. The van der Waals surface area contributed by atoms with Gasteiger partial charge in [0.05, 0.1) is 24.3 Å². The van der Waals surface area contributed by atoms with E-state index in [-0.39, 0.29) is 12.6 Å². The third kappa shape index (κ3) is 3.98. The Morgan fingerprint density at radius 2 is 2.16 bits per heavy atom. The minimum atomic E-state index is 0.0568. The minimum Gasteiger partial charge on any atom is -0.394 e. The van der Waals surface area contributed by atoms with Crippen molar-refractivity contribution in [3.63, 3.8) is 0 Å². The summed E-state index contributed by atoms with van der Waals surface area (Å²) in [5.41, 5.74) is 3.98. The summed E-state index contributed by atoms with van der Waals surface area (Å²) in [6.07, 6.45) is 0.875. The number of nitrogens with zero attached hydrogens (tertiary/aromatic N) is 4. The first-order chi connectivity index (χ1) is 12.1. The summed E-state index contributed by atoms with van der Waals surface area (Å²) in [7, 11) is 2.01. The van der Waals surface area contributed by atoms with E-state index in [0.29, 0.717) is 5.56 Å². The molecule has 0 bridgehead atoms. The van der Waals surface area contributed by atoms with Crippen LogP contribution in [-0.4, -0.2) is 41.2 Å². The van der Waals surface area contributed by atoms with Crippen LogP contribution in [0.25, 0.3) is 0 Å². The number of aryl methyl sites for hydroxylation is 1. The normalized spacial score (nSPS) is 18.2. The molecule has 1 N–H and O–H groups in total. The molecule has 2 aromatic rings. The Labute approximate surface area is 149 Å². The van der Waals surface area contributed by atoms with Crippen LogP contribution in [0.4, 0.5) is 5.82 Å². The fourth-order valence-corrected chi connectivity index (χ4v) is 3.36. The van der Waals surface area contributed by atoms with Gasteiger partial charge in [-0.25, -0.2) is 4.98 Å². The van der Waals surface area contributed by atoms with Crippen LogP contribution in [0.3, 0.4) is 0 Å². The smallest absolute Gasteiger partial charge is 0.133 e. The summed E-state index contributed by atoms with van der Waals surface area (Å²) in [6.45, 7) is 4.58. The van der Waals surface area contributed by atoms with Crippen molar-refractivity contribution in [1.29, 1.82) is 5.26 Å². The van der Waals surface area contributed by atoms with Crippen LogP contribution in [0.15, 0.2) is 36.4 Å². The molecule has 0 fully saturated rings. The SMILES string of the molecule is Cc1ccc2c(n1)N(C)[C@H](CO)CCN(Cc1cccc(C#N)c1)C2. The van der Waals surface area contributed by atoms with Crippen molar-refractivity contribution >= 4 is 5.82 Å². The molecule has 5 heteroatoms. The fourth-order valence-electron chi connectivity index (χ4n) is 3.36. The van der Waals surface area contributed by atoms with Gasteiger partial charge in [0.15, 0.2) is 0 Å². The number of nitriles is 1. The molecule has 1 aromatic carbocycles. The predicted octanol–water partition coefficient (Wildman–Crippen LogP) is 2.46. The quantitative estimate of drug-likeness (QED) is 0.933. The number of pyridine rings is 1. The average Bonchev–Trinajstić information content (AvgIpc) is 2.62. The van der Waals surface area contributed by atoms with E-state index in [1.165, 1.54) is 5.56 Å². The molecule has 1 aromatic heterocycles. The van der Waals surface area contributed by atoms with Crippen LogP contribution in [0.2, 0.25) is 0 Å². The van der Waals surface area contributed by atoms with Gasteiger partial charge in [0.25, 0.3) is 0 Å². The van der Waals surface area contributed by atoms with Gasteiger partial charge in [0.1, 0.15) is 5.82 Å². The van der Waals surface area contributed by atoms with Crippen LogP contribution in [-0.2, 0) is 13.1 Å². The van der Waals surface area contributed by atoms with Crippen LogP contribution in [0, 0.1) is 18.3 Å². The second kappa shape index (κ2) is 7.64. The summed E-state index contributed by atoms with van der Waals surface area (Å²) >= 11 is 0. The Hall–Kier alpha value is -2.42. The molecule has 0 unspecified atom stereocenters. The van der Waals surface area contributed by atoms with Gasteiger partial charge in [-0.2, -0.15) is 5.26 Å². The standard InChI is InChI=1S/C20H24N4O/c1-15-6-7-18-13-24(12-17-5-3-4-16(10-17)11-21)9-8-19(14-25)23(2)20(18)22-15/h3-7,10,19,25H,8-9,12-14H2,1-2H3/t19-/m0/s1. The van der Waals surface area contributed by atoms with E-state index in [0.717, 1.165) is 43.1 Å². The molecule has 0 saturated carbocycles. The molecule has 1 aliphatic rings. The molecule has 0 radical (unpaired) electrons. The number of aromatic nitrogens is 1. The summed E-state index contributed by atoms with van der Waals surface area (Å²) in [6, 6.07) is 14.2. The molecular formula is C20H24N4O. The monoisotopic (exact) mass is 336 g/mol. The van der Waals surface area contributed by atoms with Crippen molar-refractivity contribution in [2.45, 2.75) is 32.5 Å². The van der Waals surface area contributed by atoms with E-state index in [1.807, 2.05) is 38.2 Å². The summed E-state index contributed by atoms with van der Waals surface area (Å²) in [5, 5.41) is 18.9. The van der Waals surface area contributed by atoms with E-state index in [2.05, 4.69) is 28.0 Å². The number of rotatable bonds is 3. The number of likely N-dealkylation sites (N-methyl/N-ethyl adjacent to an activating group) is 1. The van der Waals surface area contributed by atoms with Crippen molar-refractivity contribution in [3.05, 3.63) is 58.8 Å². The minimum absolute atomic E-state index is 0.0568. The molecule has 0 spiro atoms. The summed E-state index contributed by atoms with van der Waals surface area (Å²) in [4.78, 5) is 9.18. The highest BCUT2D eigenvalue weighted by Crippen LogP contribution is 2.26. The van der Waals surface area contributed by atoms with E-state index in [1.54, 1.807) is 0 Å². The first kappa shape index (κ1) is 17.4. The second-order valence-corrected chi connectivity index (χ2v) is 6.69. The zero-order valence-corrected chi connectivity index (χ0v) is 14.8. The van der Waals surface area contributed by atoms with Gasteiger partial charge < -0.3 is 10.0 Å². The Kier molecular flexibility index (Phi) is 5.32. The zero-order chi connectivity index (χ0) is 17.8. The van der Waals surface area contributed by atoms with E-state index < -0.39 is 0 Å². The number of aliphatic hydroxyl groups excluding tert-OH is 1. The van der Waals surface area contributed by atoms with Crippen molar-refractivity contribution in [1.82, 2.24) is 9.88 Å². The van der Waals surface area contributed by atoms with Gasteiger partial charge in [-0.15, -0.1) is 0 Å². The first-order valence-corrected chi connectivity index (χ1v) is 8.62. The fraction of sp³-hybridized carbons (Fsp3) is 0.400. The molecule has 0 saturated heterocycles. The largest absolute Gasteiger partial charge is 0.394 e. The van der Waals surface area contributed by atoms with Crippen LogP contribution in [0.1, 0.15) is 28.8 Å². The highest BCUT2D eigenvalue weighted by molar-refractivity contribution is 5.48. The van der Waals surface area contributed by atoms with Crippen molar-refractivity contribution in [2.24, 2.45) is 0 Å². The summed E-state index contributed by atoms with van der Waals surface area (Å²) < 4.78 is 0. The zero-order valence-electron chi connectivity index (χ0n) is 14.8. The maximum Gasteiger partial charge on any atom is 0.133 e. The highest BCUT2D eigenvalue weighted by atomic mass is 16.3. The number of fused-ring (bicyclic) bond motifs is 1. The molecule has 3 rings (SSSR count). The van der Waals surface area contributed by atoms with Crippen molar-refractivity contribution < 1.29 is 5.11 Å². The van der Waals surface area contributed by atoms with Crippen LogP contribution >= 0.6 is 0 Å². The van der Waals surface area contributed by atoms with Gasteiger partial charge in [-0.05, 0) is 37.1 Å². The lowest BCUT2D eigenvalue weighted by Gasteiger charge is -2.35. The van der Waals surface area contributed by atoms with Gasteiger partial charge in [-0.1, -0.05) is 18.2 Å². The number of anilines is 1. The molecule has 0 amide bonds. The Morgan fingerprint density at radius 1 is 1.32 bits per heavy atom. The third-order valence-corrected chi connectivity index (χ3v) is 4.82. The van der Waals surface area contributed by atoms with Gasteiger partial charge in [0.2, 0.25) is 0 Å². The first-order valence-electron chi connectivity index (χ1n) is 8.62. The lowest BCUT2D eigenvalue weighted by atomic mass is 10.1. The maximum atomic E-state index is 9.79. The van der Waals surface area contributed by atoms with Gasteiger partial charge >= 0.3 is 0 Å². The highest BCUT2D eigenvalue weighted by Gasteiger charge is 2.24. The molecular weight excluding hydrogens is 312 g/mol. The molecule has 5 nitrogen and oxygen atoms in total.